The van der Waals surface area contributed by atoms with Crippen molar-refractivity contribution in [3.63, 3.8) is 0 Å². The lowest BCUT2D eigenvalue weighted by Crippen LogP contribution is -2.04. The number of hydrogen-bond donors (Lipinski definition) is 0. The van der Waals surface area contributed by atoms with Crippen molar-refractivity contribution in [2.45, 2.75) is 33.1 Å². The van der Waals surface area contributed by atoms with E-state index in [-0.39, 0.29) is 0 Å². The predicted molar refractivity (Wildman–Crippen MR) is 58.0 cm³/mol. The van der Waals surface area contributed by atoms with Crippen LogP contribution in [0.5, 0.6) is 0 Å². The normalized spacial score (nSPS) is 31.1. The second-order valence-electron chi connectivity index (χ2n) is 4.43. The molecular formula is C11H18OSi. The lowest BCUT2D eigenvalue weighted by Gasteiger charge is -2.14. The van der Waals surface area contributed by atoms with Crippen molar-refractivity contribution >= 4 is 9.76 Å². The summed E-state index contributed by atoms with van der Waals surface area (Å²) in [5.74, 6) is 2.99. The van der Waals surface area contributed by atoms with Gasteiger partial charge in [-0.2, -0.15) is 0 Å². The quantitative estimate of drug-likeness (QED) is 0.627. The molecule has 1 nitrogen and oxygen atoms in total. The minimum absolute atomic E-state index is 0.416. The molecule has 0 aromatic heterocycles. The second kappa shape index (κ2) is 3.70. The second-order valence-corrected chi connectivity index (χ2v) is 5.46. The van der Waals surface area contributed by atoms with Crippen molar-refractivity contribution in [3.8, 4) is 0 Å². The first-order chi connectivity index (χ1) is 6.25. The van der Waals surface area contributed by atoms with Gasteiger partial charge in [0.25, 0.3) is 0 Å². The predicted octanol–water partition coefficient (Wildman–Crippen LogP) is 2.32. The fraction of sp³-hybridized carbons (Fsp3) is 0.636. The first-order valence-electron chi connectivity index (χ1n) is 5.23. The zero-order valence-corrected chi connectivity index (χ0v) is 9.96. The summed E-state index contributed by atoms with van der Waals surface area (Å²) in [5.41, 5.74) is 3.68. The van der Waals surface area contributed by atoms with Crippen LogP contribution in [0.15, 0.2) is 23.1 Å². The molecule has 0 N–H and O–H groups in total. The molecule has 2 bridgehead atoms. The SMILES string of the molecule is CC(C)=C[SiH2]OC1=CC2CCC1C2. The lowest BCUT2D eigenvalue weighted by atomic mass is 10.1. The monoisotopic (exact) mass is 194 g/mol. The third kappa shape index (κ3) is 2.05. The van der Waals surface area contributed by atoms with Gasteiger partial charge in [0.15, 0.2) is 0 Å². The molecule has 1 fully saturated rings. The molecule has 0 saturated heterocycles. The molecule has 0 aromatic carbocycles. The smallest absolute Gasteiger partial charge is 0.243 e. The van der Waals surface area contributed by atoms with Crippen LogP contribution in [0, 0.1) is 11.8 Å². The van der Waals surface area contributed by atoms with Crippen molar-refractivity contribution in [2.24, 2.45) is 11.8 Å². The molecule has 0 amide bonds. The standard InChI is InChI=1S/C11H18OSi/c1-8(2)7-13-12-11-6-9-3-4-10(11)5-9/h6-7,9-10H,3-5,13H2,1-2H3. The van der Waals surface area contributed by atoms with Gasteiger partial charge in [-0.15, -0.1) is 0 Å². The van der Waals surface area contributed by atoms with E-state index < -0.39 is 9.76 Å². The number of rotatable bonds is 3. The molecule has 0 aliphatic heterocycles. The van der Waals surface area contributed by atoms with Crippen LogP contribution in [0.2, 0.25) is 0 Å². The van der Waals surface area contributed by atoms with Gasteiger partial charge in [-0.25, -0.2) is 0 Å². The lowest BCUT2D eigenvalue weighted by molar-refractivity contribution is 0.377. The van der Waals surface area contributed by atoms with Crippen molar-refractivity contribution in [2.75, 3.05) is 0 Å². The van der Waals surface area contributed by atoms with Gasteiger partial charge in [0.1, 0.15) is 0 Å². The van der Waals surface area contributed by atoms with E-state index in [2.05, 4.69) is 25.6 Å². The van der Waals surface area contributed by atoms with Crippen LogP contribution in [0.4, 0.5) is 0 Å². The summed E-state index contributed by atoms with van der Waals surface area (Å²) in [6.07, 6.45) is 6.53. The van der Waals surface area contributed by atoms with Gasteiger partial charge in [0, 0.05) is 5.92 Å². The van der Waals surface area contributed by atoms with Gasteiger partial charge in [0.2, 0.25) is 9.76 Å². The summed E-state index contributed by atoms with van der Waals surface area (Å²) in [4.78, 5) is 0. The average molecular weight is 194 g/mol. The molecule has 72 valence electrons. The van der Waals surface area contributed by atoms with Crippen molar-refractivity contribution in [1.82, 2.24) is 0 Å². The van der Waals surface area contributed by atoms with Gasteiger partial charge >= 0.3 is 0 Å². The van der Waals surface area contributed by atoms with Gasteiger partial charge in [0.05, 0.1) is 5.76 Å². The van der Waals surface area contributed by atoms with E-state index in [4.69, 9.17) is 4.43 Å². The van der Waals surface area contributed by atoms with Crippen LogP contribution in [0.1, 0.15) is 33.1 Å². The van der Waals surface area contributed by atoms with Gasteiger partial charge in [-0.3, -0.25) is 0 Å². The van der Waals surface area contributed by atoms with E-state index in [0.29, 0.717) is 0 Å². The van der Waals surface area contributed by atoms with Crippen molar-refractivity contribution in [3.05, 3.63) is 23.1 Å². The Kier molecular flexibility index (Phi) is 2.58. The molecule has 2 aliphatic rings. The molecular weight excluding hydrogens is 176 g/mol. The summed E-state index contributed by atoms with van der Waals surface area (Å²) in [7, 11) is -0.416. The number of allylic oxidation sites excluding steroid dienone is 3. The highest BCUT2D eigenvalue weighted by molar-refractivity contribution is 6.34. The van der Waals surface area contributed by atoms with E-state index in [1.165, 1.54) is 30.6 Å². The molecule has 2 unspecified atom stereocenters. The van der Waals surface area contributed by atoms with E-state index in [1.807, 2.05) is 0 Å². The molecule has 0 aromatic rings. The minimum Gasteiger partial charge on any atom is -0.548 e. The molecule has 2 aliphatic carbocycles. The summed E-state index contributed by atoms with van der Waals surface area (Å²) in [6, 6.07) is 0. The molecule has 2 atom stereocenters. The maximum atomic E-state index is 5.87. The Morgan fingerprint density at radius 2 is 2.38 bits per heavy atom. The summed E-state index contributed by atoms with van der Waals surface area (Å²) in [5, 5.41) is 0. The Morgan fingerprint density at radius 1 is 1.54 bits per heavy atom. The molecule has 0 radical (unpaired) electrons. The Morgan fingerprint density at radius 3 is 2.92 bits per heavy atom. The largest absolute Gasteiger partial charge is 0.548 e. The Labute approximate surface area is 82.8 Å². The van der Waals surface area contributed by atoms with Crippen molar-refractivity contribution in [1.29, 1.82) is 0 Å². The van der Waals surface area contributed by atoms with Crippen LogP contribution in [0.25, 0.3) is 0 Å². The maximum absolute atomic E-state index is 5.87. The topological polar surface area (TPSA) is 9.23 Å². The minimum atomic E-state index is -0.416. The molecule has 0 spiro atoms. The highest BCUT2D eigenvalue weighted by atomic mass is 28.2. The fourth-order valence-corrected chi connectivity index (χ4v) is 3.21. The van der Waals surface area contributed by atoms with E-state index >= 15 is 0 Å². The molecule has 0 heterocycles. The van der Waals surface area contributed by atoms with Crippen LogP contribution in [-0.4, -0.2) is 9.76 Å². The van der Waals surface area contributed by atoms with Gasteiger partial charge < -0.3 is 4.43 Å². The summed E-state index contributed by atoms with van der Waals surface area (Å²) < 4.78 is 5.87. The zero-order valence-electron chi connectivity index (χ0n) is 8.55. The van der Waals surface area contributed by atoms with E-state index in [0.717, 1.165) is 11.8 Å². The van der Waals surface area contributed by atoms with Crippen LogP contribution >= 0.6 is 0 Å². The maximum Gasteiger partial charge on any atom is 0.243 e. The summed E-state index contributed by atoms with van der Waals surface area (Å²) >= 11 is 0. The van der Waals surface area contributed by atoms with E-state index in [1.54, 1.807) is 0 Å². The van der Waals surface area contributed by atoms with Gasteiger partial charge in [-0.05, 0) is 45.1 Å². The average Bonchev–Trinajstić information content (AvgIpc) is 2.64. The summed E-state index contributed by atoms with van der Waals surface area (Å²) in [6.45, 7) is 4.29. The van der Waals surface area contributed by atoms with E-state index in [9.17, 15) is 0 Å². The molecule has 13 heavy (non-hydrogen) atoms. The fourth-order valence-electron chi connectivity index (χ4n) is 2.27. The highest BCUT2D eigenvalue weighted by Gasteiger charge is 2.33. The third-order valence-corrected chi connectivity index (χ3v) is 4.50. The van der Waals surface area contributed by atoms with Crippen LogP contribution < -0.4 is 0 Å². The molecule has 2 heteroatoms. The third-order valence-electron chi connectivity index (χ3n) is 3.02. The molecule has 2 rings (SSSR count). The van der Waals surface area contributed by atoms with Gasteiger partial charge in [-0.1, -0.05) is 11.3 Å². The Balaban J connectivity index is 1.83. The molecule has 1 saturated carbocycles. The Bertz CT molecular complexity index is 251. The first kappa shape index (κ1) is 9.07. The van der Waals surface area contributed by atoms with Crippen molar-refractivity contribution < 1.29 is 4.43 Å². The Hall–Kier alpha value is -0.503. The first-order valence-corrected chi connectivity index (χ1v) is 6.63. The highest BCUT2D eigenvalue weighted by Crippen LogP contribution is 2.43. The number of hydrogen-bond acceptors (Lipinski definition) is 1. The zero-order chi connectivity index (χ0) is 9.26. The van der Waals surface area contributed by atoms with Crippen LogP contribution in [-0.2, 0) is 4.43 Å². The van der Waals surface area contributed by atoms with Crippen LogP contribution in [0.3, 0.4) is 0 Å². The number of fused-ring (bicyclic) bond motifs is 2.